The highest BCUT2D eigenvalue weighted by Gasteiger charge is 2.31. The Balaban J connectivity index is 2.28. The lowest BCUT2D eigenvalue weighted by molar-refractivity contribution is -0.122. The summed E-state index contributed by atoms with van der Waals surface area (Å²) in [7, 11) is 0. The fraction of sp³-hybridized carbons (Fsp3) is 0.400. The fourth-order valence-electron chi connectivity index (χ4n) is 0.976. The molecule has 0 fully saturated rings. The van der Waals surface area contributed by atoms with Crippen molar-refractivity contribution < 1.29 is 4.79 Å². The van der Waals surface area contributed by atoms with Crippen LogP contribution >= 0.6 is 0 Å². The van der Waals surface area contributed by atoms with Crippen LogP contribution in [0.25, 0.3) is 0 Å². The standard InChI is InChI=1S/C5H6N4O/c10-5-3-1-8-9-4(3)6-2-7-5/h1-4,9H,(H,6,7,10)/t3-,4+/m0/s1. The number of rotatable bonds is 0. The van der Waals surface area contributed by atoms with Crippen LogP contribution in [0, 0.1) is 5.92 Å². The van der Waals surface area contributed by atoms with Crippen LogP contribution in [-0.2, 0) is 4.79 Å². The lowest BCUT2D eigenvalue weighted by Crippen LogP contribution is -2.43. The molecule has 5 nitrogen and oxygen atoms in total. The molecular weight excluding hydrogens is 132 g/mol. The van der Waals surface area contributed by atoms with E-state index < -0.39 is 0 Å². The summed E-state index contributed by atoms with van der Waals surface area (Å²) in [5.41, 5.74) is 2.70. The van der Waals surface area contributed by atoms with E-state index in [9.17, 15) is 4.79 Å². The predicted octanol–water partition coefficient (Wildman–Crippen LogP) is -1.32. The van der Waals surface area contributed by atoms with E-state index in [1.165, 1.54) is 6.34 Å². The SMILES string of the molecule is O=C1NC=N[C@@H]2NN=C[C@H]12. The van der Waals surface area contributed by atoms with Gasteiger partial charge < -0.3 is 5.32 Å². The lowest BCUT2D eigenvalue weighted by atomic mass is 10.1. The van der Waals surface area contributed by atoms with Crippen LogP contribution in [0.4, 0.5) is 0 Å². The van der Waals surface area contributed by atoms with Gasteiger partial charge in [0.2, 0.25) is 5.91 Å². The van der Waals surface area contributed by atoms with E-state index in [4.69, 9.17) is 0 Å². The number of hydrogen-bond donors (Lipinski definition) is 2. The summed E-state index contributed by atoms with van der Waals surface area (Å²) < 4.78 is 0. The van der Waals surface area contributed by atoms with E-state index >= 15 is 0 Å². The highest BCUT2D eigenvalue weighted by atomic mass is 16.2. The molecule has 5 heteroatoms. The number of carbonyl (C=O) groups is 1. The normalized spacial score (nSPS) is 35.0. The van der Waals surface area contributed by atoms with Gasteiger partial charge in [-0.1, -0.05) is 0 Å². The zero-order valence-corrected chi connectivity index (χ0v) is 5.11. The third kappa shape index (κ3) is 0.601. The minimum Gasteiger partial charge on any atom is -0.316 e. The number of nitrogens with one attached hydrogen (secondary N) is 2. The Hall–Kier alpha value is -1.39. The van der Waals surface area contributed by atoms with Crippen molar-refractivity contribution in [2.45, 2.75) is 6.17 Å². The molecule has 0 radical (unpaired) electrons. The third-order valence-corrected chi connectivity index (χ3v) is 1.53. The van der Waals surface area contributed by atoms with Crippen molar-refractivity contribution in [3.8, 4) is 0 Å². The Morgan fingerprint density at radius 1 is 1.60 bits per heavy atom. The van der Waals surface area contributed by atoms with Crippen LogP contribution in [0.1, 0.15) is 0 Å². The quantitative estimate of drug-likeness (QED) is 0.436. The van der Waals surface area contributed by atoms with Gasteiger partial charge in [0.25, 0.3) is 0 Å². The summed E-state index contributed by atoms with van der Waals surface area (Å²) in [6.45, 7) is 0. The molecule has 0 spiro atoms. The van der Waals surface area contributed by atoms with Gasteiger partial charge in [0.1, 0.15) is 5.92 Å². The minimum atomic E-state index is -0.218. The largest absolute Gasteiger partial charge is 0.316 e. The predicted molar refractivity (Wildman–Crippen MR) is 35.5 cm³/mol. The van der Waals surface area contributed by atoms with E-state index in [0.29, 0.717) is 0 Å². The highest BCUT2D eigenvalue weighted by molar-refractivity contribution is 6.01. The number of aliphatic imine (C=N–C) groups is 1. The van der Waals surface area contributed by atoms with Crippen molar-refractivity contribution in [3.63, 3.8) is 0 Å². The monoisotopic (exact) mass is 138 g/mol. The summed E-state index contributed by atoms with van der Waals surface area (Å²) in [4.78, 5) is 14.9. The smallest absolute Gasteiger partial charge is 0.237 e. The molecule has 0 aromatic heterocycles. The van der Waals surface area contributed by atoms with Crippen LogP contribution in [0.5, 0.6) is 0 Å². The molecule has 2 rings (SSSR count). The number of hydrogen-bond acceptors (Lipinski definition) is 4. The summed E-state index contributed by atoms with van der Waals surface area (Å²) in [5.74, 6) is -0.265. The van der Waals surface area contributed by atoms with Gasteiger partial charge in [0.05, 0.1) is 6.34 Å². The summed E-state index contributed by atoms with van der Waals surface area (Å²) in [5, 5.41) is 6.22. The van der Waals surface area contributed by atoms with Gasteiger partial charge in [-0.05, 0) is 0 Å². The van der Waals surface area contributed by atoms with Crippen LogP contribution in [0.15, 0.2) is 10.1 Å². The van der Waals surface area contributed by atoms with Gasteiger partial charge in [-0.25, -0.2) is 4.99 Å². The second kappa shape index (κ2) is 1.80. The first kappa shape index (κ1) is 5.40. The Labute approximate surface area is 57.2 Å². The Kier molecular flexibility index (Phi) is 0.969. The van der Waals surface area contributed by atoms with Crippen LogP contribution in [-0.4, -0.2) is 24.6 Å². The molecule has 2 aliphatic rings. The molecule has 0 saturated carbocycles. The van der Waals surface area contributed by atoms with Crippen molar-refractivity contribution in [1.82, 2.24) is 10.7 Å². The maximum Gasteiger partial charge on any atom is 0.237 e. The molecule has 2 aliphatic heterocycles. The Morgan fingerprint density at radius 3 is 3.30 bits per heavy atom. The molecule has 2 heterocycles. The molecule has 0 aromatic carbocycles. The lowest BCUT2D eigenvalue weighted by Gasteiger charge is -2.16. The van der Waals surface area contributed by atoms with E-state index in [1.807, 2.05) is 0 Å². The van der Waals surface area contributed by atoms with Gasteiger partial charge in [-0.3, -0.25) is 10.2 Å². The molecule has 0 unspecified atom stereocenters. The Bertz CT molecular complexity index is 222. The average molecular weight is 138 g/mol. The number of hydrazone groups is 1. The fourth-order valence-corrected chi connectivity index (χ4v) is 0.976. The number of nitrogens with zero attached hydrogens (tertiary/aromatic N) is 2. The average Bonchev–Trinajstić information content (AvgIpc) is 2.36. The molecule has 2 N–H and O–H groups in total. The first-order valence-corrected chi connectivity index (χ1v) is 2.99. The minimum absolute atomic E-state index is 0.0475. The summed E-state index contributed by atoms with van der Waals surface area (Å²) >= 11 is 0. The van der Waals surface area contributed by atoms with Gasteiger partial charge in [-0.15, -0.1) is 0 Å². The molecule has 52 valence electrons. The van der Waals surface area contributed by atoms with E-state index in [0.717, 1.165) is 0 Å². The van der Waals surface area contributed by atoms with Crippen LogP contribution in [0.3, 0.4) is 0 Å². The van der Waals surface area contributed by atoms with E-state index in [1.54, 1.807) is 6.21 Å². The molecule has 2 atom stereocenters. The first-order chi connectivity index (χ1) is 4.88. The second-order valence-electron chi connectivity index (χ2n) is 2.16. The van der Waals surface area contributed by atoms with Gasteiger partial charge >= 0.3 is 0 Å². The molecular formula is C5H6N4O. The molecule has 0 bridgehead atoms. The van der Waals surface area contributed by atoms with Crippen molar-refractivity contribution in [2.75, 3.05) is 0 Å². The Morgan fingerprint density at radius 2 is 2.50 bits per heavy atom. The van der Waals surface area contributed by atoms with Gasteiger partial charge in [0, 0.05) is 6.21 Å². The number of fused-ring (bicyclic) bond motifs is 1. The van der Waals surface area contributed by atoms with E-state index in [2.05, 4.69) is 20.8 Å². The molecule has 10 heavy (non-hydrogen) atoms. The topological polar surface area (TPSA) is 65.8 Å². The molecule has 1 amide bonds. The van der Waals surface area contributed by atoms with Crippen LogP contribution < -0.4 is 10.7 Å². The van der Waals surface area contributed by atoms with Crippen molar-refractivity contribution in [2.24, 2.45) is 16.0 Å². The zero-order valence-electron chi connectivity index (χ0n) is 5.11. The number of amides is 1. The van der Waals surface area contributed by atoms with Gasteiger partial charge in [-0.2, -0.15) is 5.10 Å². The summed E-state index contributed by atoms with van der Waals surface area (Å²) in [6, 6.07) is 0. The van der Waals surface area contributed by atoms with E-state index in [-0.39, 0.29) is 18.0 Å². The highest BCUT2D eigenvalue weighted by Crippen LogP contribution is 2.10. The molecule has 0 saturated heterocycles. The third-order valence-electron chi connectivity index (χ3n) is 1.53. The zero-order chi connectivity index (χ0) is 6.97. The van der Waals surface area contributed by atoms with Crippen molar-refractivity contribution in [1.29, 1.82) is 0 Å². The number of carbonyl (C=O) groups excluding carboxylic acids is 1. The first-order valence-electron chi connectivity index (χ1n) is 2.99. The summed E-state index contributed by atoms with van der Waals surface area (Å²) in [6.07, 6.45) is 2.79. The van der Waals surface area contributed by atoms with Gasteiger partial charge in [0.15, 0.2) is 6.17 Å². The maximum absolute atomic E-state index is 10.9. The molecule has 0 aliphatic carbocycles. The van der Waals surface area contributed by atoms with Crippen molar-refractivity contribution >= 4 is 18.5 Å². The maximum atomic E-state index is 10.9. The second-order valence-corrected chi connectivity index (χ2v) is 2.16. The molecule has 0 aromatic rings. The van der Waals surface area contributed by atoms with Crippen LogP contribution in [0.2, 0.25) is 0 Å². The van der Waals surface area contributed by atoms with Crippen molar-refractivity contribution in [3.05, 3.63) is 0 Å².